The summed E-state index contributed by atoms with van der Waals surface area (Å²) in [6.45, 7) is 8.45. The van der Waals surface area contributed by atoms with Crippen molar-refractivity contribution in [1.29, 1.82) is 0 Å². The summed E-state index contributed by atoms with van der Waals surface area (Å²) in [5.41, 5.74) is 7.76. The molecule has 1 aromatic carbocycles. The van der Waals surface area contributed by atoms with Crippen LogP contribution < -0.4 is 11.1 Å². The lowest BCUT2D eigenvalue weighted by Crippen LogP contribution is -2.44. The van der Waals surface area contributed by atoms with Crippen LogP contribution in [0.15, 0.2) is 24.3 Å². The molecule has 0 bridgehead atoms. The molecule has 0 saturated heterocycles. The van der Waals surface area contributed by atoms with E-state index in [2.05, 4.69) is 32.2 Å². The Hall–Kier alpha value is -1.35. The van der Waals surface area contributed by atoms with Gasteiger partial charge in [0, 0.05) is 11.7 Å². The van der Waals surface area contributed by atoms with Crippen LogP contribution in [-0.4, -0.2) is 11.9 Å². The minimum atomic E-state index is -0.439. The second kappa shape index (κ2) is 5.21. The van der Waals surface area contributed by atoms with Crippen LogP contribution in [0.5, 0.6) is 0 Å². The molecule has 2 rings (SSSR count). The minimum absolute atomic E-state index is 0.00255. The van der Waals surface area contributed by atoms with Crippen LogP contribution in [0.1, 0.15) is 52.5 Å². The highest BCUT2D eigenvalue weighted by Gasteiger charge is 2.43. The van der Waals surface area contributed by atoms with Gasteiger partial charge in [0.1, 0.15) is 0 Å². The smallest absolute Gasteiger partial charge is 0.231 e. The topological polar surface area (TPSA) is 55.1 Å². The summed E-state index contributed by atoms with van der Waals surface area (Å²) in [7, 11) is 0. The molecule has 1 aliphatic carbocycles. The fourth-order valence-electron chi connectivity index (χ4n) is 2.99. The van der Waals surface area contributed by atoms with Crippen LogP contribution in [0.3, 0.4) is 0 Å². The monoisotopic (exact) mass is 274 g/mol. The summed E-state index contributed by atoms with van der Waals surface area (Å²) < 4.78 is 0. The quantitative estimate of drug-likeness (QED) is 0.868. The maximum Gasteiger partial charge on any atom is 0.231 e. The number of anilines is 1. The first-order valence-corrected chi connectivity index (χ1v) is 7.42. The largest absolute Gasteiger partial charge is 0.327 e. The van der Waals surface area contributed by atoms with E-state index in [9.17, 15) is 4.79 Å². The van der Waals surface area contributed by atoms with Crippen LogP contribution in [-0.2, 0) is 10.2 Å². The van der Waals surface area contributed by atoms with Crippen molar-refractivity contribution in [3.8, 4) is 0 Å². The molecule has 1 aliphatic rings. The lowest BCUT2D eigenvalue weighted by Gasteiger charge is -2.29. The van der Waals surface area contributed by atoms with Gasteiger partial charge in [-0.1, -0.05) is 45.4 Å². The van der Waals surface area contributed by atoms with Crippen molar-refractivity contribution in [2.45, 2.75) is 58.4 Å². The van der Waals surface area contributed by atoms with Crippen molar-refractivity contribution in [3.05, 3.63) is 29.8 Å². The summed E-state index contributed by atoms with van der Waals surface area (Å²) in [5.74, 6) is 0.0548. The van der Waals surface area contributed by atoms with Gasteiger partial charge in [0.05, 0.1) is 5.41 Å². The predicted molar refractivity (Wildman–Crippen MR) is 83.7 cm³/mol. The standard InChI is InChI=1S/C17H26N2O/c1-16(2,3)12-8-5-6-9-13(12)19-15(20)17(4)11-7-10-14(17)18/h5-6,8-9,14H,7,10-11,18H2,1-4H3,(H,19,20). The summed E-state index contributed by atoms with van der Waals surface area (Å²) >= 11 is 0. The summed E-state index contributed by atoms with van der Waals surface area (Å²) in [5, 5.41) is 3.11. The fraction of sp³-hybridized carbons (Fsp3) is 0.588. The lowest BCUT2D eigenvalue weighted by molar-refractivity contribution is -0.125. The number of para-hydroxylation sites is 1. The number of nitrogens with one attached hydrogen (secondary N) is 1. The maximum atomic E-state index is 12.6. The van der Waals surface area contributed by atoms with E-state index in [0.717, 1.165) is 30.5 Å². The highest BCUT2D eigenvalue weighted by atomic mass is 16.2. The van der Waals surface area contributed by atoms with Crippen LogP contribution in [0, 0.1) is 5.41 Å². The molecular weight excluding hydrogens is 248 g/mol. The Balaban J connectivity index is 2.25. The van der Waals surface area contributed by atoms with Crippen LogP contribution >= 0.6 is 0 Å². The molecule has 1 saturated carbocycles. The number of carbonyl (C=O) groups is 1. The third-order valence-corrected chi connectivity index (χ3v) is 4.53. The number of nitrogens with two attached hydrogens (primary N) is 1. The number of amides is 1. The highest BCUT2D eigenvalue weighted by molar-refractivity contribution is 5.96. The lowest BCUT2D eigenvalue weighted by atomic mass is 9.83. The van der Waals surface area contributed by atoms with Gasteiger partial charge >= 0.3 is 0 Å². The van der Waals surface area contributed by atoms with Gasteiger partial charge in [0.15, 0.2) is 0 Å². The molecule has 1 amide bonds. The Morgan fingerprint density at radius 1 is 1.35 bits per heavy atom. The molecule has 2 unspecified atom stereocenters. The van der Waals surface area contributed by atoms with E-state index in [-0.39, 0.29) is 17.4 Å². The van der Waals surface area contributed by atoms with Gasteiger partial charge in [-0.05, 0) is 36.8 Å². The molecule has 3 nitrogen and oxygen atoms in total. The van der Waals surface area contributed by atoms with E-state index < -0.39 is 5.41 Å². The molecule has 2 atom stereocenters. The van der Waals surface area contributed by atoms with E-state index in [0.29, 0.717) is 0 Å². The minimum Gasteiger partial charge on any atom is -0.327 e. The molecule has 0 aliphatic heterocycles. The Labute approximate surface area is 121 Å². The van der Waals surface area contributed by atoms with E-state index in [1.165, 1.54) is 0 Å². The Morgan fingerprint density at radius 2 is 2.00 bits per heavy atom. The van der Waals surface area contributed by atoms with Gasteiger partial charge < -0.3 is 11.1 Å². The molecule has 20 heavy (non-hydrogen) atoms. The van der Waals surface area contributed by atoms with Crippen molar-refractivity contribution >= 4 is 11.6 Å². The first kappa shape index (κ1) is 15.0. The highest BCUT2D eigenvalue weighted by Crippen LogP contribution is 2.38. The predicted octanol–water partition coefficient (Wildman–Crippen LogP) is 3.44. The molecule has 3 N–H and O–H groups in total. The fourth-order valence-corrected chi connectivity index (χ4v) is 2.99. The Kier molecular flexibility index (Phi) is 3.92. The SMILES string of the molecule is CC(C)(C)c1ccccc1NC(=O)C1(C)CCCC1N. The normalized spacial score (nSPS) is 26.6. The summed E-state index contributed by atoms with van der Waals surface area (Å²) in [6.07, 6.45) is 2.84. The third-order valence-electron chi connectivity index (χ3n) is 4.53. The average Bonchev–Trinajstić information content (AvgIpc) is 2.70. The van der Waals surface area contributed by atoms with Crippen molar-refractivity contribution in [2.75, 3.05) is 5.32 Å². The molecule has 1 fully saturated rings. The first-order valence-electron chi connectivity index (χ1n) is 7.42. The summed E-state index contributed by atoms with van der Waals surface area (Å²) in [6, 6.07) is 7.99. The van der Waals surface area contributed by atoms with Crippen LogP contribution in [0.25, 0.3) is 0 Å². The Bertz CT molecular complexity index is 504. The number of benzene rings is 1. The molecule has 3 heteroatoms. The second-order valence-corrected chi connectivity index (χ2v) is 7.17. The van der Waals surface area contributed by atoms with Crippen molar-refractivity contribution < 1.29 is 4.79 Å². The van der Waals surface area contributed by atoms with Gasteiger partial charge in [-0.3, -0.25) is 4.79 Å². The van der Waals surface area contributed by atoms with Crippen molar-refractivity contribution in [3.63, 3.8) is 0 Å². The molecule has 0 radical (unpaired) electrons. The van der Waals surface area contributed by atoms with E-state index in [4.69, 9.17) is 5.73 Å². The second-order valence-electron chi connectivity index (χ2n) is 7.17. The zero-order chi connectivity index (χ0) is 15.0. The van der Waals surface area contributed by atoms with Crippen LogP contribution in [0.4, 0.5) is 5.69 Å². The summed E-state index contributed by atoms with van der Waals surface area (Å²) in [4.78, 5) is 12.6. The number of carbonyl (C=O) groups excluding carboxylic acids is 1. The van der Waals surface area contributed by atoms with Gasteiger partial charge in [-0.15, -0.1) is 0 Å². The Morgan fingerprint density at radius 3 is 2.55 bits per heavy atom. The van der Waals surface area contributed by atoms with E-state index in [1.54, 1.807) is 0 Å². The molecular formula is C17H26N2O. The zero-order valence-electron chi connectivity index (χ0n) is 13.0. The molecule has 0 spiro atoms. The van der Waals surface area contributed by atoms with Gasteiger partial charge in [0.2, 0.25) is 5.91 Å². The maximum absolute atomic E-state index is 12.6. The molecule has 110 valence electrons. The molecule has 1 aromatic rings. The number of hydrogen-bond donors (Lipinski definition) is 2. The van der Waals surface area contributed by atoms with Gasteiger partial charge in [-0.2, -0.15) is 0 Å². The van der Waals surface area contributed by atoms with Crippen LogP contribution in [0.2, 0.25) is 0 Å². The third kappa shape index (κ3) is 2.73. The van der Waals surface area contributed by atoms with E-state index in [1.807, 2.05) is 25.1 Å². The first-order chi connectivity index (χ1) is 9.25. The van der Waals surface area contributed by atoms with Gasteiger partial charge in [-0.25, -0.2) is 0 Å². The molecule has 0 aromatic heterocycles. The number of hydrogen-bond acceptors (Lipinski definition) is 2. The zero-order valence-corrected chi connectivity index (χ0v) is 13.0. The van der Waals surface area contributed by atoms with Gasteiger partial charge in [0.25, 0.3) is 0 Å². The average molecular weight is 274 g/mol. The van der Waals surface area contributed by atoms with E-state index >= 15 is 0 Å². The van der Waals surface area contributed by atoms with Crippen molar-refractivity contribution in [2.24, 2.45) is 11.1 Å². The van der Waals surface area contributed by atoms with Crippen molar-refractivity contribution in [1.82, 2.24) is 0 Å². The molecule has 0 heterocycles. The number of rotatable bonds is 2.